The molecule has 1 atom stereocenters. The van der Waals surface area contributed by atoms with E-state index < -0.39 is 5.97 Å². The van der Waals surface area contributed by atoms with E-state index in [9.17, 15) is 9.59 Å². The molecule has 104 valence electrons. The summed E-state index contributed by atoms with van der Waals surface area (Å²) in [6.07, 6.45) is 1.90. The van der Waals surface area contributed by atoms with Gasteiger partial charge in [-0.15, -0.1) is 0 Å². The van der Waals surface area contributed by atoms with Crippen LogP contribution in [0.15, 0.2) is 0 Å². The number of nitrogens with one attached hydrogen (secondary N) is 1. The summed E-state index contributed by atoms with van der Waals surface area (Å²) < 4.78 is 0. The number of amides is 2. The van der Waals surface area contributed by atoms with Crippen LogP contribution < -0.4 is 5.32 Å². The Balaban J connectivity index is 2.34. The molecule has 2 amide bonds. The standard InChI is InChI=1S/C13H24N2O3/c1-4-10(7-11(16)17)8-14-12(18)15-6-5-13(2,3)9-15/h10H,4-9H2,1-3H3,(H,14,18)(H,16,17). The van der Waals surface area contributed by atoms with E-state index in [0.29, 0.717) is 6.54 Å². The van der Waals surface area contributed by atoms with E-state index in [2.05, 4.69) is 19.2 Å². The Morgan fingerprint density at radius 1 is 1.44 bits per heavy atom. The second-order valence-electron chi connectivity index (χ2n) is 5.89. The van der Waals surface area contributed by atoms with Crippen molar-refractivity contribution in [2.24, 2.45) is 11.3 Å². The second-order valence-corrected chi connectivity index (χ2v) is 5.89. The molecular formula is C13H24N2O3. The molecule has 0 bridgehead atoms. The Bertz CT molecular complexity index is 315. The smallest absolute Gasteiger partial charge is 0.317 e. The van der Waals surface area contributed by atoms with Crippen LogP contribution in [0.25, 0.3) is 0 Å². The van der Waals surface area contributed by atoms with Gasteiger partial charge in [-0.3, -0.25) is 4.79 Å². The van der Waals surface area contributed by atoms with Gasteiger partial charge in [-0.2, -0.15) is 0 Å². The number of carboxylic acid groups (broad SMARTS) is 1. The largest absolute Gasteiger partial charge is 0.481 e. The molecule has 0 aliphatic carbocycles. The summed E-state index contributed by atoms with van der Waals surface area (Å²) in [6, 6.07) is -0.0654. The van der Waals surface area contributed by atoms with Gasteiger partial charge in [0.2, 0.25) is 0 Å². The lowest BCUT2D eigenvalue weighted by Crippen LogP contribution is -2.41. The van der Waals surface area contributed by atoms with Crippen LogP contribution in [-0.2, 0) is 4.79 Å². The topological polar surface area (TPSA) is 69.6 Å². The number of rotatable bonds is 5. The fraction of sp³-hybridized carbons (Fsp3) is 0.846. The number of hydrogen-bond acceptors (Lipinski definition) is 2. The lowest BCUT2D eigenvalue weighted by molar-refractivity contribution is -0.138. The molecule has 5 heteroatoms. The SMILES string of the molecule is CCC(CNC(=O)N1CCC(C)(C)C1)CC(=O)O. The molecule has 1 aliphatic rings. The number of aliphatic carboxylic acids is 1. The van der Waals surface area contributed by atoms with E-state index in [4.69, 9.17) is 5.11 Å². The average Bonchev–Trinajstić information content (AvgIpc) is 2.64. The molecule has 18 heavy (non-hydrogen) atoms. The van der Waals surface area contributed by atoms with Gasteiger partial charge in [-0.25, -0.2) is 4.79 Å². The van der Waals surface area contributed by atoms with Crippen molar-refractivity contribution in [3.05, 3.63) is 0 Å². The molecule has 1 aliphatic heterocycles. The third-order valence-electron chi connectivity index (χ3n) is 3.55. The molecule has 0 aromatic rings. The molecule has 0 aromatic carbocycles. The van der Waals surface area contributed by atoms with Crippen molar-refractivity contribution < 1.29 is 14.7 Å². The van der Waals surface area contributed by atoms with Crippen LogP contribution in [0.2, 0.25) is 0 Å². The Kier molecular flexibility index (Phi) is 4.99. The minimum atomic E-state index is -0.807. The van der Waals surface area contributed by atoms with Crippen LogP contribution in [0, 0.1) is 11.3 Å². The Morgan fingerprint density at radius 2 is 2.11 bits per heavy atom. The van der Waals surface area contributed by atoms with Crippen molar-refractivity contribution in [3.63, 3.8) is 0 Å². The van der Waals surface area contributed by atoms with E-state index in [-0.39, 0.29) is 23.8 Å². The Labute approximate surface area is 109 Å². The molecule has 1 saturated heterocycles. The zero-order chi connectivity index (χ0) is 13.8. The van der Waals surface area contributed by atoms with Crippen LogP contribution >= 0.6 is 0 Å². The summed E-state index contributed by atoms with van der Waals surface area (Å²) in [5.74, 6) is -0.791. The van der Waals surface area contributed by atoms with Crippen molar-refractivity contribution in [2.45, 2.75) is 40.0 Å². The number of nitrogens with zero attached hydrogens (tertiary/aromatic N) is 1. The summed E-state index contributed by atoms with van der Waals surface area (Å²) in [7, 11) is 0. The van der Waals surface area contributed by atoms with Crippen LogP contribution in [0.4, 0.5) is 4.79 Å². The van der Waals surface area contributed by atoms with Gasteiger partial charge < -0.3 is 15.3 Å². The highest BCUT2D eigenvalue weighted by molar-refractivity contribution is 5.74. The molecule has 0 saturated carbocycles. The van der Waals surface area contributed by atoms with Gasteiger partial charge in [-0.05, 0) is 17.8 Å². The Hall–Kier alpha value is -1.26. The third kappa shape index (κ3) is 4.55. The summed E-state index contributed by atoms with van der Waals surface area (Å²) in [5, 5.41) is 11.6. The molecule has 1 rings (SSSR count). The van der Waals surface area contributed by atoms with Gasteiger partial charge in [0.1, 0.15) is 0 Å². The maximum Gasteiger partial charge on any atom is 0.317 e. The van der Waals surface area contributed by atoms with Crippen molar-refractivity contribution in [1.29, 1.82) is 0 Å². The fourth-order valence-corrected chi connectivity index (χ4v) is 2.24. The summed E-state index contributed by atoms with van der Waals surface area (Å²) in [4.78, 5) is 24.4. The highest BCUT2D eigenvalue weighted by Gasteiger charge is 2.32. The maximum atomic E-state index is 11.9. The first-order chi connectivity index (χ1) is 8.34. The van der Waals surface area contributed by atoms with E-state index in [1.54, 1.807) is 0 Å². The first-order valence-electron chi connectivity index (χ1n) is 6.58. The predicted octanol–water partition coefficient (Wildman–Crippen LogP) is 1.93. The van der Waals surface area contributed by atoms with Crippen molar-refractivity contribution in [1.82, 2.24) is 10.2 Å². The van der Waals surface area contributed by atoms with Gasteiger partial charge in [0.15, 0.2) is 0 Å². The van der Waals surface area contributed by atoms with Crippen molar-refractivity contribution in [2.75, 3.05) is 19.6 Å². The van der Waals surface area contributed by atoms with E-state index >= 15 is 0 Å². The zero-order valence-electron chi connectivity index (χ0n) is 11.5. The van der Waals surface area contributed by atoms with Crippen LogP contribution in [0.1, 0.15) is 40.0 Å². The molecule has 0 radical (unpaired) electrons. The first-order valence-corrected chi connectivity index (χ1v) is 6.58. The van der Waals surface area contributed by atoms with Gasteiger partial charge in [0.25, 0.3) is 0 Å². The molecule has 1 unspecified atom stereocenters. The zero-order valence-corrected chi connectivity index (χ0v) is 11.5. The molecular weight excluding hydrogens is 232 g/mol. The molecule has 1 heterocycles. The number of hydrogen-bond donors (Lipinski definition) is 2. The molecule has 0 aromatic heterocycles. The van der Waals surface area contributed by atoms with Gasteiger partial charge >= 0.3 is 12.0 Å². The number of carbonyl (C=O) groups excluding carboxylic acids is 1. The number of carbonyl (C=O) groups is 2. The quantitative estimate of drug-likeness (QED) is 0.789. The lowest BCUT2D eigenvalue weighted by atomic mass is 9.93. The maximum absolute atomic E-state index is 11.9. The summed E-state index contributed by atoms with van der Waals surface area (Å²) in [6.45, 7) is 8.25. The number of urea groups is 1. The summed E-state index contributed by atoms with van der Waals surface area (Å²) in [5.41, 5.74) is 0.197. The van der Waals surface area contributed by atoms with Crippen molar-refractivity contribution in [3.8, 4) is 0 Å². The Morgan fingerprint density at radius 3 is 2.56 bits per heavy atom. The lowest BCUT2D eigenvalue weighted by Gasteiger charge is -2.21. The normalized spacial score (nSPS) is 19.6. The number of likely N-dealkylation sites (tertiary alicyclic amines) is 1. The van der Waals surface area contributed by atoms with Crippen molar-refractivity contribution >= 4 is 12.0 Å². The van der Waals surface area contributed by atoms with E-state index in [1.165, 1.54) is 0 Å². The number of carboxylic acids is 1. The van der Waals surface area contributed by atoms with Gasteiger partial charge in [0.05, 0.1) is 0 Å². The fourth-order valence-electron chi connectivity index (χ4n) is 2.24. The predicted molar refractivity (Wildman–Crippen MR) is 69.4 cm³/mol. The minimum absolute atomic E-state index is 0.0158. The third-order valence-corrected chi connectivity index (χ3v) is 3.55. The first kappa shape index (κ1) is 14.8. The minimum Gasteiger partial charge on any atom is -0.481 e. The summed E-state index contributed by atoms with van der Waals surface area (Å²) >= 11 is 0. The van der Waals surface area contributed by atoms with Gasteiger partial charge in [-0.1, -0.05) is 27.2 Å². The molecule has 0 spiro atoms. The van der Waals surface area contributed by atoms with Crippen LogP contribution in [0.5, 0.6) is 0 Å². The van der Waals surface area contributed by atoms with Crippen LogP contribution in [0.3, 0.4) is 0 Å². The second kappa shape index (κ2) is 6.07. The molecule has 1 fully saturated rings. The van der Waals surface area contributed by atoms with E-state index in [0.717, 1.165) is 25.9 Å². The molecule has 5 nitrogen and oxygen atoms in total. The average molecular weight is 256 g/mol. The molecule has 2 N–H and O–H groups in total. The van der Waals surface area contributed by atoms with E-state index in [1.807, 2.05) is 11.8 Å². The highest BCUT2D eigenvalue weighted by atomic mass is 16.4. The monoisotopic (exact) mass is 256 g/mol. The van der Waals surface area contributed by atoms with Gasteiger partial charge in [0, 0.05) is 26.1 Å². The van der Waals surface area contributed by atoms with Crippen LogP contribution in [-0.4, -0.2) is 41.6 Å². The highest BCUT2D eigenvalue weighted by Crippen LogP contribution is 2.28.